The fraction of sp³-hybridized carbons (Fsp3) is 0.200. The van der Waals surface area contributed by atoms with Crippen LogP contribution in [-0.2, 0) is 0 Å². The predicted molar refractivity (Wildman–Crippen MR) is 69.5 cm³/mol. The van der Waals surface area contributed by atoms with Gasteiger partial charge in [0.25, 0.3) is 0 Å². The number of hydrogen-bond acceptors (Lipinski definition) is 2. The van der Waals surface area contributed by atoms with Gasteiger partial charge in [0.1, 0.15) is 11.3 Å². The number of rotatable bonds is 1. The lowest BCUT2D eigenvalue weighted by molar-refractivity contribution is 0.475. The standard InChI is InChI=1S/C15H14O2/c1-9(2)13-8-11(16)7-10-3-4-14-12(15(10)13)5-6-17-14/h3-9,16H,1-2H3. The molecule has 3 rings (SSSR count). The predicted octanol–water partition coefficient (Wildman–Crippen LogP) is 4.42. The Bertz CT molecular complexity index is 693. The fourth-order valence-corrected chi connectivity index (χ4v) is 2.39. The Labute approximate surface area is 99.5 Å². The van der Waals surface area contributed by atoms with E-state index in [-0.39, 0.29) is 0 Å². The molecule has 0 fully saturated rings. The van der Waals surface area contributed by atoms with Crippen LogP contribution in [0.3, 0.4) is 0 Å². The monoisotopic (exact) mass is 226 g/mol. The third kappa shape index (κ3) is 1.48. The smallest absolute Gasteiger partial charge is 0.134 e. The molecule has 0 saturated heterocycles. The maximum absolute atomic E-state index is 9.76. The number of aromatic hydroxyl groups is 1. The molecule has 17 heavy (non-hydrogen) atoms. The van der Waals surface area contributed by atoms with Crippen LogP contribution in [0.5, 0.6) is 5.75 Å². The number of phenols is 1. The normalized spacial score (nSPS) is 11.7. The van der Waals surface area contributed by atoms with Gasteiger partial charge in [-0.15, -0.1) is 0 Å². The van der Waals surface area contributed by atoms with Gasteiger partial charge in [0.05, 0.1) is 6.26 Å². The topological polar surface area (TPSA) is 33.4 Å². The van der Waals surface area contributed by atoms with Gasteiger partial charge in [-0.3, -0.25) is 0 Å². The molecular weight excluding hydrogens is 212 g/mol. The molecule has 1 aromatic heterocycles. The Morgan fingerprint density at radius 1 is 1.12 bits per heavy atom. The largest absolute Gasteiger partial charge is 0.508 e. The third-order valence-corrected chi connectivity index (χ3v) is 3.18. The highest BCUT2D eigenvalue weighted by atomic mass is 16.3. The zero-order chi connectivity index (χ0) is 12.0. The molecule has 86 valence electrons. The van der Waals surface area contributed by atoms with Gasteiger partial charge in [-0.2, -0.15) is 0 Å². The van der Waals surface area contributed by atoms with E-state index in [9.17, 15) is 5.11 Å². The first kappa shape index (κ1) is 10.2. The second-order valence-electron chi connectivity index (χ2n) is 4.69. The van der Waals surface area contributed by atoms with E-state index in [1.165, 1.54) is 5.39 Å². The summed E-state index contributed by atoms with van der Waals surface area (Å²) >= 11 is 0. The van der Waals surface area contributed by atoms with E-state index >= 15 is 0 Å². The van der Waals surface area contributed by atoms with E-state index < -0.39 is 0 Å². The maximum atomic E-state index is 9.76. The molecule has 0 unspecified atom stereocenters. The second kappa shape index (κ2) is 3.52. The van der Waals surface area contributed by atoms with Gasteiger partial charge in [0.2, 0.25) is 0 Å². The molecule has 0 bridgehead atoms. The molecule has 0 radical (unpaired) electrons. The molecule has 2 heteroatoms. The summed E-state index contributed by atoms with van der Waals surface area (Å²) < 4.78 is 5.43. The third-order valence-electron chi connectivity index (χ3n) is 3.18. The first-order valence-electron chi connectivity index (χ1n) is 5.79. The molecule has 0 spiro atoms. The lowest BCUT2D eigenvalue weighted by atomic mass is 9.93. The van der Waals surface area contributed by atoms with Crippen molar-refractivity contribution in [3.8, 4) is 5.75 Å². The van der Waals surface area contributed by atoms with E-state index in [1.54, 1.807) is 12.3 Å². The number of phenolic OH excluding ortho intramolecular Hbond substituents is 1. The quantitative estimate of drug-likeness (QED) is 0.666. The van der Waals surface area contributed by atoms with Crippen molar-refractivity contribution in [1.29, 1.82) is 0 Å². The van der Waals surface area contributed by atoms with Crippen LogP contribution < -0.4 is 0 Å². The zero-order valence-electron chi connectivity index (χ0n) is 9.90. The maximum Gasteiger partial charge on any atom is 0.134 e. The SMILES string of the molecule is CC(C)c1cc(O)cc2ccc3occc3c12. The van der Waals surface area contributed by atoms with Gasteiger partial charge in [0.15, 0.2) is 0 Å². The Kier molecular flexibility index (Phi) is 2.11. The minimum atomic E-state index is 0.323. The van der Waals surface area contributed by atoms with Crippen molar-refractivity contribution >= 4 is 21.7 Å². The second-order valence-corrected chi connectivity index (χ2v) is 4.69. The Balaban J connectivity index is 2.55. The van der Waals surface area contributed by atoms with E-state index in [4.69, 9.17) is 4.42 Å². The van der Waals surface area contributed by atoms with Crippen LogP contribution in [-0.4, -0.2) is 5.11 Å². The molecule has 2 aromatic carbocycles. The molecule has 0 atom stereocenters. The van der Waals surface area contributed by atoms with Crippen LogP contribution in [0, 0.1) is 0 Å². The van der Waals surface area contributed by atoms with E-state index in [2.05, 4.69) is 13.8 Å². The summed E-state index contributed by atoms with van der Waals surface area (Å²) in [5.74, 6) is 0.689. The highest BCUT2D eigenvalue weighted by molar-refractivity contribution is 6.08. The van der Waals surface area contributed by atoms with Crippen LogP contribution in [0.15, 0.2) is 41.0 Å². The Hall–Kier alpha value is -1.96. The van der Waals surface area contributed by atoms with Gasteiger partial charge in [-0.25, -0.2) is 0 Å². The molecule has 0 amide bonds. The van der Waals surface area contributed by atoms with Crippen molar-refractivity contribution in [2.45, 2.75) is 19.8 Å². The van der Waals surface area contributed by atoms with E-state index in [0.29, 0.717) is 11.7 Å². The molecule has 0 saturated carbocycles. The summed E-state index contributed by atoms with van der Waals surface area (Å²) in [6.45, 7) is 4.26. The van der Waals surface area contributed by atoms with Crippen LogP contribution in [0.1, 0.15) is 25.3 Å². The van der Waals surface area contributed by atoms with Crippen LogP contribution in [0.2, 0.25) is 0 Å². The van der Waals surface area contributed by atoms with Gasteiger partial charge in [-0.05, 0) is 46.5 Å². The summed E-state index contributed by atoms with van der Waals surface area (Å²) in [6, 6.07) is 9.57. The molecule has 1 N–H and O–H groups in total. The van der Waals surface area contributed by atoms with Crippen molar-refractivity contribution in [2.24, 2.45) is 0 Å². The number of fused-ring (bicyclic) bond motifs is 3. The van der Waals surface area contributed by atoms with Gasteiger partial charge in [-0.1, -0.05) is 19.9 Å². The summed E-state index contributed by atoms with van der Waals surface area (Å²) in [5, 5.41) is 13.1. The number of hydrogen-bond donors (Lipinski definition) is 1. The molecule has 2 nitrogen and oxygen atoms in total. The van der Waals surface area contributed by atoms with Crippen molar-refractivity contribution in [3.63, 3.8) is 0 Å². The average molecular weight is 226 g/mol. The Morgan fingerprint density at radius 3 is 2.71 bits per heavy atom. The molecule has 1 heterocycles. The summed E-state index contributed by atoms with van der Waals surface area (Å²) in [4.78, 5) is 0. The highest BCUT2D eigenvalue weighted by Gasteiger charge is 2.11. The minimum absolute atomic E-state index is 0.323. The van der Waals surface area contributed by atoms with E-state index in [1.807, 2.05) is 24.3 Å². The van der Waals surface area contributed by atoms with Crippen molar-refractivity contribution in [2.75, 3.05) is 0 Å². The van der Waals surface area contributed by atoms with Gasteiger partial charge in [0, 0.05) is 5.39 Å². The van der Waals surface area contributed by atoms with Gasteiger partial charge >= 0.3 is 0 Å². The van der Waals surface area contributed by atoms with Crippen molar-refractivity contribution in [1.82, 2.24) is 0 Å². The Morgan fingerprint density at radius 2 is 1.94 bits per heavy atom. The number of benzene rings is 2. The summed E-state index contributed by atoms with van der Waals surface area (Å²) in [7, 11) is 0. The van der Waals surface area contributed by atoms with E-state index in [0.717, 1.165) is 21.9 Å². The van der Waals surface area contributed by atoms with Crippen molar-refractivity contribution in [3.05, 3.63) is 42.2 Å². The van der Waals surface area contributed by atoms with Crippen LogP contribution in [0.4, 0.5) is 0 Å². The fourth-order valence-electron chi connectivity index (χ4n) is 2.39. The lowest BCUT2D eigenvalue weighted by Crippen LogP contribution is -1.90. The minimum Gasteiger partial charge on any atom is -0.508 e. The van der Waals surface area contributed by atoms with Crippen LogP contribution in [0.25, 0.3) is 21.7 Å². The first-order chi connectivity index (χ1) is 8.16. The zero-order valence-corrected chi connectivity index (χ0v) is 9.90. The molecule has 0 aliphatic carbocycles. The molecule has 3 aromatic rings. The van der Waals surface area contributed by atoms with Crippen LogP contribution >= 0.6 is 0 Å². The lowest BCUT2D eigenvalue weighted by Gasteiger charge is -2.11. The molecule has 0 aliphatic rings. The number of furan rings is 1. The summed E-state index contributed by atoms with van der Waals surface area (Å²) in [5.41, 5.74) is 2.05. The molecular formula is C15H14O2. The van der Waals surface area contributed by atoms with Gasteiger partial charge < -0.3 is 9.52 Å². The first-order valence-corrected chi connectivity index (χ1v) is 5.79. The van der Waals surface area contributed by atoms with Crippen molar-refractivity contribution < 1.29 is 9.52 Å². The molecule has 0 aliphatic heterocycles. The summed E-state index contributed by atoms with van der Waals surface area (Å²) in [6.07, 6.45) is 1.71. The highest BCUT2D eigenvalue weighted by Crippen LogP contribution is 2.35. The average Bonchev–Trinajstić information content (AvgIpc) is 2.75.